The average molecular weight is 257 g/mol. The minimum atomic E-state index is 0.379. The molecule has 1 aliphatic carbocycles. The van der Waals surface area contributed by atoms with E-state index in [9.17, 15) is 0 Å². The number of rotatable bonds is 3. The Morgan fingerprint density at radius 2 is 2.05 bits per heavy atom. The van der Waals surface area contributed by atoms with Gasteiger partial charge in [0.25, 0.3) is 0 Å². The van der Waals surface area contributed by atoms with E-state index in [4.69, 9.17) is 10.3 Å². The molecule has 1 saturated carbocycles. The molecule has 0 aliphatic heterocycles. The predicted molar refractivity (Wildman–Crippen MR) is 74.4 cm³/mol. The summed E-state index contributed by atoms with van der Waals surface area (Å²) in [7, 11) is 0. The third kappa shape index (κ3) is 2.62. The van der Waals surface area contributed by atoms with Crippen LogP contribution in [0.15, 0.2) is 28.9 Å². The van der Waals surface area contributed by atoms with Crippen molar-refractivity contribution in [2.75, 3.05) is 5.73 Å². The van der Waals surface area contributed by atoms with Crippen LogP contribution in [0.2, 0.25) is 0 Å². The molecule has 0 aromatic carbocycles. The van der Waals surface area contributed by atoms with Gasteiger partial charge >= 0.3 is 0 Å². The fourth-order valence-corrected chi connectivity index (χ4v) is 2.93. The number of nitrogens with zero attached hydrogens (tertiary/aromatic N) is 2. The van der Waals surface area contributed by atoms with Crippen LogP contribution in [-0.2, 0) is 6.42 Å². The van der Waals surface area contributed by atoms with E-state index in [1.165, 1.54) is 32.1 Å². The second kappa shape index (κ2) is 5.43. The Balaban J connectivity index is 1.86. The fraction of sp³-hybridized carbons (Fsp3) is 0.467. The Hall–Kier alpha value is -1.84. The average Bonchev–Trinajstić information content (AvgIpc) is 2.82. The third-order valence-electron chi connectivity index (χ3n) is 3.92. The highest BCUT2D eigenvalue weighted by atomic mass is 16.5. The second-order valence-corrected chi connectivity index (χ2v) is 5.29. The molecule has 2 aromatic heterocycles. The van der Waals surface area contributed by atoms with Crippen LogP contribution in [0.4, 0.5) is 5.88 Å². The molecule has 100 valence electrons. The molecule has 4 heteroatoms. The van der Waals surface area contributed by atoms with Gasteiger partial charge in [-0.3, -0.25) is 4.98 Å². The molecule has 0 saturated heterocycles. The van der Waals surface area contributed by atoms with Crippen LogP contribution < -0.4 is 5.73 Å². The molecule has 3 rings (SSSR count). The summed E-state index contributed by atoms with van der Waals surface area (Å²) in [4.78, 5) is 4.36. The SMILES string of the molecule is Nc1onc(CC2CCCCC2)c1-c1ccccn1. The van der Waals surface area contributed by atoms with E-state index < -0.39 is 0 Å². The second-order valence-electron chi connectivity index (χ2n) is 5.29. The van der Waals surface area contributed by atoms with Crippen LogP contribution in [0.1, 0.15) is 37.8 Å². The monoisotopic (exact) mass is 257 g/mol. The first-order valence-corrected chi connectivity index (χ1v) is 7.00. The van der Waals surface area contributed by atoms with Crippen LogP contribution in [-0.4, -0.2) is 10.1 Å². The molecular formula is C15H19N3O. The number of pyridine rings is 1. The maximum Gasteiger partial charge on any atom is 0.231 e. The largest absolute Gasteiger partial charge is 0.367 e. The highest BCUT2D eigenvalue weighted by Crippen LogP contribution is 2.33. The minimum Gasteiger partial charge on any atom is -0.367 e. The molecule has 0 amide bonds. The summed E-state index contributed by atoms with van der Waals surface area (Å²) >= 11 is 0. The summed E-state index contributed by atoms with van der Waals surface area (Å²) in [6.07, 6.45) is 9.32. The van der Waals surface area contributed by atoms with Gasteiger partial charge in [-0.05, 0) is 24.5 Å². The summed E-state index contributed by atoms with van der Waals surface area (Å²) in [5.41, 5.74) is 8.61. The van der Waals surface area contributed by atoms with Gasteiger partial charge in [-0.25, -0.2) is 0 Å². The van der Waals surface area contributed by atoms with Crippen molar-refractivity contribution in [3.8, 4) is 11.3 Å². The van der Waals surface area contributed by atoms with Gasteiger partial charge in [0.15, 0.2) is 0 Å². The standard InChI is InChI=1S/C15H19N3O/c16-15-14(12-8-4-5-9-17-12)13(18-19-15)10-11-6-2-1-3-7-11/h4-5,8-9,11H,1-3,6-7,10,16H2. The molecule has 0 atom stereocenters. The van der Waals surface area contributed by atoms with E-state index in [1.54, 1.807) is 6.20 Å². The lowest BCUT2D eigenvalue weighted by atomic mass is 9.85. The summed E-state index contributed by atoms with van der Waals surface area (Å²) < 4.78 is 5.18. The van der Waals surface area contributed by atoms with Crippen LogP contribution in [0.3, 0.4) is 0 Å². The lowest BCUT2D eigenvalue weighted by Gasteiger charge is -2.20. The van der Waals surface area contributed by atoms with Crippen molar-refractivity contribution in [1.29, 1.82) is 0 Å². The smallest absolute Gasteiger partial charge is 0.231 e. The zero-order valence-electron chi connectivity index (χ0n) is 11.0. The molecule has 2 aromatic rings. The first-order valence-electron chi connectivity index (χ1n) is 7.00. The number of nitrogens with two attached hydrogens (primary N) is 1. The first kappa shape index (κ1) is 12.2. The molecule has 2 heterocycles. The Labute approximate surface area is 113 Å². The van der Waals surface area contributed by atoms with Gasteiger partial charge in [-0.15, -0.1) is 0 Å². The van der Waals surface area contributed by atoms with Crippen LogP contribution >= 0.6 is 0 Å². The van der Waals surface area contributed by atoms with Gasteiger partial charge in [-0.1, -0.05) is 43.3 Å². The van der Waals surface area contributed by atoms with Gasteiger partial charge < -0.3 is 10.3 Å². The van der Waals surface area contributed by atoms with Crippen LogP contribution in [0, 0.1) is 5.92 Å². The van der Waals surface area contributed by atoms with Gasteiger partial charge in [0.1, 0.15) is 0 Å². The lowest BCUT2D eigenvalue weighted by Crippen LogP contribution is -2.10. The van der Waals surface area contributed by atoms with Crippen molar-refractivity contribution in [1.82, 2.24) is 10.1 Å². The summed E-state index contributed by atoms with van der Waals surface area (Å²) in [6, 6.07) is 5.81. The maximum atomic E-state index is 5.91. The fourth-order valence-electron chi connectivity index (χ4n) is 2.93. The highest BCUT2D eigenvalue weighted by molar-refractivity contribution is 5.71. The van der Waals surface area contributed by atoms with Gasteiger partial charge in [-0.2, -0.15) is 0 Å². The zero-order valence-corrected chi connectivity index (χ0v) is 11.0. The Morgan fingerprint density at radius 3 is 2.79 bits per heavy atom. The third-order valence-corrected chi connectivity index (χ3v) is 3.92. The summed E-state index contributed by atoms with van der Waals surface area (Å²) in [5, 5.41) is 4.15. The molecule has 0 unspecified atom stereocenters. The molecule has 0 bridgehead atoms. The molecule has 1 aliphatic rings. The number of hydrogen-bond donors (Lipinski definition) is 1. The molecule has 4 nitrogen and oxygen atoms in total. The molecule has 19 heavy (non-hydrogen) atoms. The molecule has 0 radical (unpaired) electrons. The van der Waals surface area contributed by atoms with Gasteiger partial charge in [0, 0.05) is 6.20 Å². The summed E-state index contributed by atoms with van der Waals surface area (Å²) in [5.74, 6) is 1.09. The van der Waals surface area contributed by atoms with Crippen molar-refractivity contribution >= 4 is 5.88 Å². The van der Waals surface area contributed by atoms with Crippen molar-refractivity contribution in [2.45, 2.75) is 38.5 Å². The van der Waals surface area contributed by atoms with Gasteiger partial charge in [0.2, 0.25) is 5.88 Å². The Morgan fingerprint density at radius 1 is 1.21 bits per heavy atom. The maximum absolute atomic E-state index is 5.91. The lowest BCUT2D eigenvalue weighted by molar-refractivity contribution is 0.345. The Bertz CT molecular complexity index is 530. The molecule has 1 fully saturated rings. The number of anilines is 1. The van der Waals surface area contributed by atoms with Crippen LogP contribution in [0.5, 0.6) is 0 Å². The summed E-state index contributed by atoms with van der Waals surface area (Å²) in [6.45, 7) is 0. The van der Waals surface area contributed by atoms with Crippen molar-refractivity contribution in [3.05, 3.63) is 30.1 Å². The molecule has 0 spiro atoms. The van der Waals surface area contributed by atoms with E-state index in [0.29, 0.717) is 11.8 Å². The number of nitrogen functional groups attached to an aromatic ring is 1. The molecule has 2 N–H and O–H groups in total. The van der Waals surface area contributed by atoms with E-state index in [2.05, 4.69) is 10.1 Å². The van der Waals surface area contributed by atoms with E-state index in [-0.39, 0.29) is 0 Å². The van der Waals surface area contributed by atoms with E-state index >= 15 is 0 Å². The Kier molecular flexibility index (Phi) is 3.49. The van der Waals surface area contributed by atoms with Crippen molar-refractivity contribution in [3.63, 3.8) is 0 Å². The first-order chi connectivity index (χ1) is 9.34. The van der Waals surface area contributed by atoms with E-state index in [1.807, 2.05) is 18.2 Å². The topological polar surface area (TPSA) is 64.9 Å². The normalized spacial score (nSPS) is 16.6. The highest BCUT2D eigenvalue weighted by Gasteiger charge is 2.21. The number of aromatic nitrogens is 2. The van der Waals surface area contributed by atoms with Gasteiger partial charge in [0.05, 0.1) is 17.0 Å². The van der Waals surface area contributed by atoms with Crippen molar-refractivity contribution < 1.29 is 4.52 Å². The molecular weight excluding hydrogens is 238 g/mol. The minimum absolute atomic E-state index is 0.379. The van der Waals surface area contributed by atoms with E-state index in [0.717, 1.165) is 23.4 Å². The van der Waals surface area contributed by atoms with Crippen molar-refractivity contribution in [2.24, 2.45) is 5.92 Å². The van der Waals surface area contributed by atoms with Crippen LogP contribution in [0.25, 0.3) is 11.3 Å². The zero-order chi connectivity index (χ0) is 13.1. The quantitative estimate of drug-likeness (QED) is 0.914. The predicted octanol–water partition coefficient (Wildman–Crippen LogP) is 3.44. The number of hydrogen-bond acceptors (Lipinski definition) is 4.